The minimum Gasteiger partial charge on any atom is -0.313 e. The van der Waals surface area contributed by atoms with Gasteiger partial charge in [-0.15, -0.1) is 0 Å². The molecular weight excluding hydrogens is 236 g/mol. The van der Waals surface area contributed by atoms with Crippen molar-refractivity contribution < 1.29 is 8.42 Å². The van der Waals surface area contributed by atoms with Crippen LogP contribution >= 0.6 is 0 Å². The average molecular weight is 262 g/mol. The summed E-state index contributed by atoms with van der Waals surface area (Å²) < 4.78 is 22.7. The molecule has 5 heteroatoms. The Kier molecular flexibility index (Phi) is 5.89. The average Bonchev–Trinajstić information content (AvgIpc) is 2.59. The number of hydrogen-bond acceptors (Lipinski definition) is 4. The Labute approximate surface area is 106 Å². The van der Waals surface area contributed by atoms with Gasteiger partial charge in [0.25, 0.3) is 0 Å². The van der Waals surface area contributed by atoms with E-state index in [4.69, 9.17) is 0 Å². The highest BCUT2D eigenvalue weighted by molar-refractivity contribution is 7.91. The van der Waals surface area contributed by atoms with Crippen LogP contribution in [0.4, 0.5) is 0 Å². The number of sulfone groups is 1. The molecule has 0 aromatic carbocycles. The van der Waals surface area contributed by atoms with E-state index >= 15 is 0 Å². The van der Waals surface area contributed by atoms with E-state index in [-0.39, 0.29) is 6.04 Å². The molecule has 0 amide bonds. The number of nitrogens with zero attached hydrogens (tertiary/aromatic N) is 1. The Balaban J connectivity index is 2.20. The van der Waals surface area contributed by atoms with E-state index in [1.807, 2.05) is 7.05 Å². The first kappa shape index (κ1) is 14.9. The van der Waals surface area contributed by atoms with Gasteiger partial charge < -0.3 is 10.2 Å². The predicted octanol–water partition coefficient (Wildman–Crippen LogP) is 0.884. The van der Waals surface area contributed by atoms with Crippen molar-refractivity contribution in [3.05, 3.63) is 0 Å². The van der Waals surface area contributed by atoms with Crippen LogP contribution in [-0.4, -0.2) is 57.0 Å². The van der Waals surface area contributed by atoms with Crippen molar-refractivity contribution in [2.75, 3.05) is 31.6 Å². The van der Waals surface area contributed by atoms with Gasteiger partial charge in [-0.2, -0.15) is 0 Å². The van der Waals surface area contributed by atoms with E-state index < -0.39 is 9.84 Å². The summed E-state index contributed by atoms with van der Waals surface area (Å²) in [5.74, 6) is 0.704. The van der Waals surface area contributed by atoms with Gasteiger partial charge in [0.05, 0.1) is 11.5 Å². The van der Waals surface area contributed by atoms with Gasteiger partial charge in [0.1, 0.15) is 0 Å². The van der Waals surface area contributed by atoms with Gasteiger partial charge in [-0.25, -0.2) is 8.42 Å². The fourth-order valence-electron chi connectivity index (χ4n) is 2.33. The van der Waals surface area contributed by atoms with Crippen molar-refractivity contribution in [2.45, 2.75) is 45.2 Å². The van der Waals surface area contributed by atoms with E-state index in [1.54, 1.807) is 0 Å². The largest absolute Gasteiger partial charge is 0.313 e. The third-order valence-corrected chi connectivity index (χ3v) is 5.26. The Hall–Kier alpha value is -0.130. The maximum Gasteiger partial charge on any atom is 0.151 e. The molecule has 0 saturated carbocycles. The summed E-state index contributed by atoms with van der Waals surface area (Å²) in [5.41, 5.74) is 0. The number of nitrogens with one attached hydrogen (secondary N) is 1. The molecule has 0 radical (unpaired) electrons. The van der Waals surface area contributed by atoms with Crippen LogP contribution in [0.5, 0.6) is 0 Å². The van der Waals surface area contributed by atoms with Crippen molar-refractivity contribution in [1.29, 1.82) is 0 Å². The van der Waals surface area contributed by atoms with Crippen LogP contribution in [0.2, 0.25) is 0 Å². The molecule has 102 valence electrons. The maximum absolute atomic E-state index is 11.4. The first-order chi connectivity index (χ1) is 7.94. The fraction of sp³-hybridized carbons (Fsp3) is 1.00. The van der Waals surface area contributed by atoms with Gasteiger partial charge >= 0.3 is 0 Å². The molecule has 1 aliphatic rings. The molecule has 4 nitrogen and oxygen atoms in total. The van der Waals surface area contributed by atoms with Crippen LogP contribution in [0.3, 0.4) is 0 Å². The first-order valence-corrected chi connectivity index (χ1v) is 8.41. The van der Waals surface area contributed by atoms with E-state index in [9.17, 15) is 8.42 Å². The zero-order valence-corrected chi connectivity index (χ0v) is 12.1. The van der Waals surface area contributed by atoms with E-state index in [1.165, 1.54) is 12.8 Å². The lowest BCUT2D eigenvalue weighted by molar-refractivity contribution is 0.257. The van der Waals surface area contributed by atoms with Crippen LogP contribution in [0, 0.1) is 0 Å². The summed E-state index contributed by atoms with van der Waals surface area (Å²) in [6.45, 7) is 6.25. The molecule has 0 spiro atoms. The number of hydrogen-bond donors (Lipinski definition) is 1. The van der Waals surface area contributed by atoms with Crippen molar-refractivity contribution >= 4 is 9.84 Å². The second kappa shape index (κ2) is 6.71. The molecule has 0 aromatic rings. The van der Waals surface area contributed by atoms with Crippen LogP contribution in [-0.2, 0) is 9.84 Å². The van der Waals surface area contributed by atoms with E-state index in [0.29, 0.717) is 17.5 Å². The fourth-order valence-corrected chi connectivity index (χ4v) is 4.13. The number of likely N-dealkylation sites (N-methyl/N-ethyl adjacent to an activating group) is 1. The highest BCUT2D eigenvalue weighted by Gasteiger charge is 2.30. The Morgan fingerprint density at radius 3 is 2.71 bits per heavy atom. The molecular formula is C12H26N2O2S. The lowest BCUT2D eigenvalue weighted by Crippen LogP contribution is -2.39. The van der Waals surface area contributed by atoms with Gasteiger partial charge in [-0.1, -0.05) is 13.3 Å². The van der Waals surface area contributed by atoms with Gasteiger partial charge in [0, 0.05) is 25.2 Å². The summed E-state index contributed by atoms with van der Waals surface area (Å²) in [4.78, 5) is 2.18. The normalized spacial score (nSPS) is 25.3. The smallest absolute Gasteiger partial charge is 0.151 e. The summed E-state index contributed by atoms with van der Waals surface area (Å²) >= 11 is 0. The summed E-state index contributed by atoms with van der Waals surface area (Å²) in [6.07, 6.45) is 3.19. The van der Waals surface area contributed by atoms with E-state index in [2.05, 4.69) is 24.1 Å². The third-order valence-electron chi connectivity index (χ3n) is 3.51. The molecule has 1 saturated heterocycles. The second-order valence-corrected chi connectivity index (χ2v) is 7.41. The lowest BCUT2D eigenvalue weighted by atomic mass is 10.2. The minimum absolute atomic E-state index is 0.225. The molecule has 1 aliphatic heterocycles. The van der Waals surface area contributed by atoms with Gasteiger partial charge in [-0.3, -0.25) is 0 Å². The Morgan fingerprint density at radius 2 is 2.18 bits per heavy atom. The lowest BCUT2D eigenvalue weighted by Gasteiger charge is -2.24. The molecule has 1 heterocycles. The standard InChI is InChI=1S/C12H26N2O2S/c1-4-5-11(2)13-7-8-14(3)12-6-9-17(15,16)10-12/h11-13H,4-10H2,1-3H3. The maximum atomic E-state index is 11.4. The summed E-state index contributed by atoms with van der Waals surface area (Å²) in [6, 6.07) is 0.781. The monoisotopic (exact) mass is 262 g/mol. The Morgan fingerprint density at radius 1 is 1.47 bits per heavy atom. The van der Waals surface area contributed by atoms with Crippen molar-refractivity contribution in [2.24, 2.45) is 0 Å². The highest BCUT2D eigenvalue weighted by atomic mass is 32.2. The van der Waals surface area contributed by atoms with Crippen molar-refractivity contribution in [3.63, 3.8) is 0 Å². The molecule has 1 rings (SSSR count). The quantitative estimate of drug-likeness (QED) is 0.740. The predicted molar refractivity (Wildman–Crippen MR) is 72.1 cm³/mol. The minimum atomic E-state index is -2.75. The molecule has 1 fully saturated rings. The van der Waals surface area contributed by atoms with Crippen LogP contribution in [0.15, 0.2) is 0 Å². The molecule has 0 aliphatic carbocycles. The molecule has 1 N–H and O–H groups in total. The van der Waals surface area contributed by atoms with Crippen molar-refractivity contribution in [1.82, 2.24) is 10.2 Å². The molecule has 0 bridgehead atoms. The first-order valence-electron chi connectivity index (χ1n) is 6.58. The van der Waals surface area contributed by atoms with Crippen molar-refractivity contribution in [3.8, 4) is 0 Å². The van der Waals surface area contributed by atoms with Gasteiger partial charge in [0.15, 0.2) is 9.84 Å². The third kappa shape index (κ3) is 5.36. The molecule has 2 unspecified atom stereocenters. The highest BCUT2D eigenvalue weighted by Crippen LogP contribution is 2.15. The topological polar surface area (TPSA) is 49.4 Å². The summed E-state index contributed by atoms with van der Waals surface area (Å²) in [5, 5.41) is 3.47. The second-order valence-electron chi connectivity index (χ2n) is 5.18. The van der Waals surface area contributed by atoms with Gasteiger partial charge in [-0.05, 0) is 26.8 Å². The number of rotatable bonds is 7. The van der Waals surface area contributed by atoms with Crippen LogP contribution in [0.1, 0.15) is 33.1 Å². The molecule has 2 atom stereocenters. The van der Waals surface area contributed by atoms with Crippen LogP contribution in [0.25, 0.3) is 0 Å². The zero-order valence-electron chi connectivity index (χ0n) is 11.3. The zero-order chi connectivity index (χ0) is 12.9. The SMILES string of the molecule is CCCC(C)NCCN(C)C1CCS(=O)(=O)C1. The summed E-state index contributed by atoms with van der Waals surface area (Å²) in [7, 11) is -0.727. The Bertz CT molecular complexity index is 316. The molecule has 17 heavy (non-hydrogen) atoms. The van der Waals surface area contributed by atoms with Crippen LogP contribution < -0.4 is 5.32 Å². The van der Waals surface area contributed by atoms with Gasteiger partial charge in [0.2, 0.25) is 0 Å². The molecule has 0 aromatic heterocycles. The van der Waals surface area contributed by atoms with E-state index in [0.717, 1.165) is 19.5 Å².